The summed E-state index contributed by atoms with van der Waals surface area (Å²) in [6, 6.07) is 12.8. The van der Waals surface area contributed by atoms with Gasteiger partial charge in [-0.05, 0) is 24.5 Å². The maximum Gasteiger partial charge on any atom is 0.194 e. The van der Waals surface area contributed by atoms with E-state index in [1.165, 1.54) is 12.8 Å². The van der Waals surface area contributed by atoms with Crippen LogP contribution in [0, 0.1) is 0 Å². The van der Waals surface area contributed by atoms with Gasteiger partial charge < -0.3 is 0 Å². The Kier molecular flexibility index (Phi) is 5.26. The van der Waals surface area contributed by atoms with Crippen molar-refractivity contribution in [1.82, 2.24) is 0 Å². The van der Waals surface area contributed by atoms with Crippen LogP contribution in [0.5, 0.6) is 0 Å². The molecule has 0 heterocycles. The lowest BCUT2D eigenvalue weighted by Gasteiger charge is -2.18. The van der Waals surface area contributed by atoms with Crippen molar-refractivity contribution < 1.29 is 9.59 Å². The fraction of sp³-hybridized carbons (Fsp3) is 0.263. The van der Waals surface area contributed by atoms with Crippen LogP contribution in [0.3, 0.4) is 0 Å². The summed E-state index contributed by atoms with van der Waals surface area (Å²) in [6.07, 6.45) is 4.45. The SMILES string of the molecule is CCCCCc1ccc2c(c1)C(=O)c1ccccc1C2=O.P. The van der Waals surface area contributed by atoms with Crippen LogP contribution < -0.4 is 0 Å². The smallest absolute Gasteiger partial charge is 0.194 e. The molecule has 0 spiro atoms. The van der Waals surface area contributed by atoms with E-state index in [1.54, 1.807) is 24.3 Å². The minimum absolute atomic E-state index is 0. The molecule has 1 aliphatic carbocycles. The highest BCUT2D eigenvalue weighted by molar-refractivity contribution is 6.92. The van der Waals surface area contributed by atoms with Crippen LogP contribution in [0.4, 0.5) is 0 Å². The summed E-state index contributed by atoms with van der Waals surface area (Å²) in [5, 5.41) is 0. The van der Waals surface area contributed by atoms with E-state index >= 15 is 0 Å². The third kappa shape index (κ3) is 2.89. The minimum atomic E-state index is -0.0414. The number of hydrogen-bond acceptors (Lipinski definition) is 2. The van der Waals surface area contributed by atoms with E-state index in [4.69, 9.17) is 0 Å². The summed E-state index contributed by atoms with van der Waals surface area (Å²) in [5.74, 6) is -0.0714. The van der Waals surface area contributed by atoms with E-state index in [9.17, 15) is 9.59 Å². The third-order valence-corrected chi connectivity index (χ3v) is 4.06. The standard InChI is InChI=1S/C19H18O2.H3P/c1-2-3-4-7-13-10-11-16-17(12-13)19(21)15-9-6-5-8-14(15)18(16)20;/h5-6,8-12H,2-4,7H2,1H3;1H3. The van der Waals surface area contributed by atoms with Gasteiger partial charge in [0.15, 0.2) is 11.6 Å². The summed E-state index contributed by atoms with van der Waals surface area (Å²) in [4.78, 5) is 25.1. The predicted octanol–water partition coefficient (Wildman–Crippen LogP) is 4.25. The van der Waals surface area contributed by atoms with Crippen LogP contribution in [0.2, 0.25) is 0 Å². The van der Waals surface area contributed by atoms with Crippen molar-refractivity contribution in [3.05, 3.63) is 70.3 Å². The maximum absolute atomic E-state index is 12.6. The van der Waals surface area contributed by atoms with Gasteiger partial charge in [-0.1, -0.05) is 56.2 Å². The Morgan fingerprint density at radius 3 is 2.00 bits per heavy atom. The van der Waals surface area contributed by atoms with Gasteiger partial charge >= 0.3 is 0 Å². The van der Waals surface area contributed by atoms with Crippen molar-refractivity contribution in [3.8, 4) is 0 Å². The van der Waals surface area contributed by atoms with Gasteiger partial charge in [0.05, 0.1) is 0 Å². The number of rotatable bonds is 4. The Labute approximate surface area is 134 Å². The molecule has 2 nitrogen and oxygen atoms in total. The van der Waals surface area contributed by atoms with Crippen LogP contribution in [-0.2, 0) is 6.42 Å². The van der Waals surface area contributed by atoms with Gasteiger partial charge in [-0.15, -0.1) is 0 Å². The minimum Gasteiger partial charge on any atom is -0.289 e. The number of ketones is 2. The van der Waals surface area contributed by atoms with Crippen molar-refractivity contribution >= 4 is 21.5 Å². The molecule has 0 bridgehead atoms. The van der Waals surface area contributed by atoms with Gasteiger partial charge in [0.25, 0.3) is 0 Å². The Morgan fingerprint density at radius 2 is 1.36 bits per heavy atom. The molecule has 0 N–H and O–H groups in total. The number of hydrogen-bond donors (Lipinski definition) is 0. The van der Waals surface area contributed by atoms with Crippen molar-refractivity contribution in [2.45, 2.75) is 32.6 Å². The van der Waals surface area contributed by atoms with E-state index < -0.39 is 0 Å². The van der Waals surface area contributed by atoms with E-state index in [0.29, 0.717) is 22.3 Å². The molecule has 114 valence electrons. The molecule has 0 saturated heterocycles. The van der Waals surface area contributed by atoms with Gasteiger partial charge in [0, 0.05) is 22.3 Å². The average Bonchev–Trinajstić information content (AvgIpc) is 2.53. The molecule has 2 aromatic rings. The Morgan fingerprint density at radius 1 is 0.773 bits per heavy atom. The number of aryl methyl sites for hydroxylation is 1. The van der Waals surface area contributed by atoms with Gasteiger partial charge in [-0.25, -0.2) is 0 Å². The normalized spacial score (nSPS) is 12.4. The quantitative estimate of drug-likeness (QED) is 0.533. The highest BCUT2D eigenvalue weighted by Gasteiger charge is 2.29. The van der Waals surface area contributed by atoms with Crippen LogP contribution in [0.1, 0.15) is 63.6 Å². The molecule has 22 heavy (non-hydrogen) atoms. The van der Waals surface area contributed by atoms with E-state index in [0.717, 1.165) is 18.4 Å². The average molecular weight is 312 g/mol. The summed E-state index contributed by atoms with van der Waals surface area (Å²) in [6.45, 7) is 2.17. The fourth-order valence-corrected chi connectivity index (χ4v) is 2.88. The molecule has 0 saturated carbocycles. The highest BCUT2D eigenvalue weighted by Crippen LogP contribution is 2.28. The lowest BCUT2D eigenvalue weighted by atomic mass is 9.83. The fourth-order valence-electron chi connectivity index (χ4n) is 2.88. The molecule has 0 aromatic heterocycles. The van der Waals surface area contributed by atoms with Crippen molar-refractivity contribution in [2.24, 2.45) is 0 Å². The Bertz CT molecular complexity index is 719. The second-order valence-corrected chi connectivity index (χ2v) is 5.54. The molecule has 0 amide bonds. The first kappa shape index (κ1) is 16.6. The lowest BCUT2D eigenvalue weighted by molar-refractivity contribution is 0.0979. The number of fused-ring (bicyclic) bond motifs is 2. The van der Waals surface area contributed by atoms with Crippen LogP contribution in [0.15, 0.2) is 42.5 Å². The first-order valence-corrected chi connectivity index (χ1v) is 7.53. The largest absolute Gasteiger partial charge is 0.289 e. The van der Waals surface area contributed by atoms with E-state index in [-0.39, 0.29) is 21.5 Å². The van der Waals surface area contributed by atoms with Gasteiger partial charge in [-0.3, -0.25) is 9.59 Å². The van der Waals surface area contributed by atoms with E-state index in [2.05, 4.69) is 6.92 Å². The lowest BCUT2D eigenvalue weighted by Crippen LogP contribution is -2.20. The molecule has 0 radical (unpaired) electrons. The number of benzene rings is 2. The molecule has 2 aromatic carbocycles. The van der Waals surface area contributed by atoms with Crippen molar-refractivity contribution in [3.63, 3.8) is 0 Å². The zero-order valence-electron chi connectivity index (χ0n) is 12.9. The van der Waals surface area contributed by atoms with Crippen molar-refractivity contribution in [1.29, 1.82) is 0 Å². The summed E-state index contributed by atoms with van der Waals surface area (Å²) < 4.78 is 0. The van der Waals surface area contributed by atoms with E-state index in [1.807, 2.05) is 18.2 Å². The molecule has 3 rings (SSSR count). The zero-order valence-corrected chi connectivity index (χ0v) is 14.3. The number of carbonyl (C=O) groups excluding carboxylic acids is 2. The molecule has 3 heteroatoms. The molecule has 1 aliphatic rings. The maximum atomic E-state index is 12.6. The van der Waals surface area contributed by atoms with Gasteiger partial charge in [0.2, 0.25) is 0 Å². The first-order chi connectivity index (χ1) is 10.2. The van der Waals surface area contributed by atoms with Crippen molar-refractivity contribution in [2.75, 3.05) is 0 Å². The Balaban J connectivity index is 0.00000176. The van der Waals surface area contributed by atoms with Crippen LogP contribution in [0.25, 0.3) is 0 Å². The number of carbonyl (C=O) groups is 2. The molecule has 0 aliphatic heterocycles. The third-order valence-electron chi connectivity index (χ3n) is 4.06. The van der Waals surface area contributed by atoms with Crippen LogP contribution in [-0.4, -0.2) is 11.6 Å². The summed E-state index contributed by atoms with van der Waals surface area (Å²) in [7, 11) is 0. The number of unbranched alkanes of at least 4 members (excludes halogenated alkanes) is 2. The monoisotopic (exact) mass is 312 g/mol. The van der Waals surface area contributed by atoms with Crippen LogP contribution >= 0.6 is 9.90 Å². The summed E-state index contributed by atoms with van der Waals surface area (Å²) in [5.41, 5.74) is 3.29. The topological polar surface area (TPSA) is 34.1 Å². The highest BCUT2D eigenvalue weighted by atomic mass is 31.0. The predicted molar refractivity (Wildman–Crippen MR) is 94.1 cm³/mol. The Hall–Kier alpha value is -1.79. The molecule has 0 fully saturated rings. The molecular weight excluding hydrogens is 291 g/mol. The molecule has 1 atom stereocenters. The zero-order chi connectivity index (χ0) is 14.8. The second kappa shape index (κ2) is 6.98. The molecule has 1 unspecified atom stereocenters. The molecular formula is C19H21O2P. The van der Waals surface area contributed by atoms with Gasteiger partial charge in [-0.2, -0.15) is 9.90 Å². The second-order valence-electron chi connectivity index (χ2n) is 5.54. The first-order valence-electron chi connectivity index (χ1n) is 7.53. The summed E-state index contributed by atoms with van der Waals surface area (Å²) >= 11 is 0. The van der Waals surface area contributed by atoms with Gasteiger partial charge in [0.1, 0.15) is 0 Å².